The molecule has 7 rings (SSSR count). The molecule has 146 valence electrons. The highest BCUT2D eigenvalue weighted by Gasteiger charge is 2.62. The Hall–Kier alpha value is -2.64. The summed E-state index contributed by atoms with van der Waals surface area (Å²) >= 11 is 0. The molecule has 4 saturated carbocycles. The van der Waals surface area contributed by atoms with Gasteiger partial charge in [-0.05, 0) is 74.6 Å². The summed E-state index contributed by atoms with van der Waals surface area (Å²) in [5.74, 6) is 3.31. The molecular formula is C20H23N5O3. The maximum atomic E-state index is 13.5. The molecule has 0 radical (unpaired) electrons. The summed E-state index contributed by atoms with van der Waals surface area (Å²) in [7, 11) is 0. The smallest absolute Gasteiger partial charge is 0.231 e. The number of tetrazole rings is 1. The first kappa shape index (κ1) is 16.3. The molecular weight excluding hydrogens is 358 g/mol. The van der Waals surface area contributed by atoms with E-state index in [2.05, 4.69) is 20.7 Å². The van der Waals surface area contributed by atoms with Gasteiger partial charge in [0.15, 0.2) is 17.3 Å². The van der Waals surface area contributed by atoms with Gasteiger partial charge in [0.25, 0.3) is 0 Å². The molecule has 1 aromatic heterocycles. The highest BCUT2D eigenvalue weighted by atomic mass is 16.7. The van der Waals surface area contributed by atoms with Gasteiger partial charge in [0.1, 0.15) is 0 Å². The average Bonchev–Trinajstić information content (AvgIpc) is 3.29. The minimum atomic E-state index is -0.359. The number of hydrogen-bond donors (Lipinski definition) is 1. The second kappa shape index (κ2) is 5.46. The molecule has 2 heterocycles. The van der Waals surface area contributed by atoms with Crippen LogP contribution in [0.4, 0.5) is 5.69 Å². The standard InChI is InChI=1S/C20H23N5O3/c1-12-22-24-25(23-12)20-8-13-4-14(9-20)7-19(6-13,10-20)18(26)21-15-2-3-16-17(5-15)28-11-27-16/h2-3,5,13-14H,4,6-11H2,1H3,(H,21,26). The lowest BCUT2D eigenvalue weighted by Crippen LogP contribution is -2.60. The van der Waals surface area contributed by atoms with E-state index in [0.717, 1.165) is 43.5 Å². The molecule has 4 fully saturated rings. The summed E-state index contributed by atoms with van der Waals surface area (Å²) < 4.78 is 10.8. The number of ether oxygens (including phenoxy) is 2. The zero-order valence-electron chi connectivity index (χ0n) is 15.9. The Balaban J connectivity index is 1.31. The number of carbonyl (C=O) groups excluding carboxylic acids is 1. The predicted octanol–water partition coefficient (Wildman–Crippen LogP) is 2.64. The van der Waals surface area contributed by atoms with E-state index in [9.17, 15) is 4.79 Å². The molecule has 8 heteroatoms. The van der Waals surface area contributed by atoms with Gasteiger partial charge in [-0.25, -0.2) is 0 Å². The van der Waals surface area contributed by atoms with Gasteiger partial charge in [-0.1, -0.05) is 0 Å². The number of aryl methyl sites for hydroxylation is 1. The van der Waals surface area contributed by atoms with Crippen LogP contribution in [0, 0.1) is 24.2 Å². The molecule has 5 aliphatic rings. The maximum absolute atomic E-state index is 13.5. The lowest BCUT2D eigenvalue weighted by atomic mass is 9.46. The van der Waals surface area contributed by atoms with Gasteiger partial charge >= 0.3 is 0 Å². The Morgan fingerprint density at radius 3 is 2.71 bits per heavy atom. The number of nitrogens with zero attached hydrogens (tertiary/aromatic N) is 4. The number of amides is 1. The van der Waals surface area contributed by atoms with Crippen LogP contribution in [0.3, 0.4) is 0 Å². The number of anilines is 1. The van der Waals surface area contributed by atoms with Gasteiger partial charge in [-0.15, -0.1) is 10.2 Å². The second-order valence-corrected chi connectivity index (χ2v) is 9.11. The summed E-state index contributed by atoms with van der Waals surface area (Å²) in [6.07, 6.45) is 6.02. The van der Waals surface area contributed by atoms with Crippen molar-refractivity contribution in [3.63, 3.8) is 0 Å². The van der Waals surface area contributed by atoms with Crippen molar-refractivity contribution in [2.75, 3.05) is 12.1 Å². The second-order valence-electron chi connectivity index (χ2n) is 9.11. The number of nitrogens with one attached hydrogen (secondary N) is 1. The lowest BCUT2D eigenvalue weighted by Gasteiger charge is -2.60. The zero-order valence-corrected chi connectivity index (χ0v) is 15.9. The van der Waals surface area contributed by atoms with Crippen LogP contribution in [0.2, 0.25) is 0 Å². The van der Waals surface area contributed by atoms with E-state index in [0.29, 0.717) is 23.4 Å². The first-order valence-corrected chi connectivity index (χ1v) is 10.0. The van der Waals surface area contributed by atoms with E-state index in [1.54, 1.807) is 0 Å². The van der Waals surface area contributed by atoms with Crippen molar-refractivity contribution in [3.8, 4) is 11.5 Å². The topological polar surface area (TPSA) is 91.2 Å². The highest BCUT2D eigenvalue weighted by molar-refractivity contribution is 5.96. The first-order chi connectivity index (χ1) is 13.5. The van der Waals surface area contributed by atoms with E-state index < -0.39 is 0 Å². The largest absolute Gasteiger partial charge is 0.454 e. The van der Waals surface area contributed by atoms with Gasteiger partial charge in [0, 0.05) is 11.8 Å². The van der Waals surface area contributed by atoms with E-state index in [-0.39, 0.29) is 23.7 Å². The predicted molar refractivity (Wildman–Crippen MR) is 98.8 cm³/mol. The summed E-state index contributed by atoms with van der Waals surface area (Å²) in [6, 6.07) is 5.57. The molecule has 2 atom stereocenters. The number of rotatable bonds is 3. The maximum Gasteiger partial charge on any atom is 0.231 e. The van der Waals surface area contributed by atoms with E-state index in [1.165, 1.54) is 6.42 Å². The minimum absolute atomic E-state index is 0.113. The van der Waals surface area contributed by atoms with E-state index >= 15 is 0 Å². The third-order valence-corrected chi connectivity index (χ3v) is 7.08. The van der Waals surface area contributed by atoms with E-state index in [1.807, 2.05) is 29.9 Å². The number of fused-ring (bicyclic) bond motifs is 1. The lowest BCUT2D eigenvalue weighted by molar-refractivity contribution is -0.152. The Bertz CT molecular complexity index is 957. The monoisotopic (exact) mass is 381 g/mol. The molecule has 0 saturated heterocycles. The number of benzene rings is 1. The Kier molecular flexibility index (Phi) is 3.18. The molecule has 0 spiro atoms. The van der Waals surface area contributed by atoms with Crippen LogP contribution in [-0.2, 0) is 10.3 Å². The average molecular weight is 381 g/mol. The fraction of sp³-hybridized carbons (Fsp3) is 0.600. The van der Waals surface area contributed by atoms with Gasteiger partial charge < -0.3 is 14.8 Å². The molecule has 1 aliphatic heterocycles. The van der Waals surface area contributed by atoms with Crippen LogP contribution in [0.1, 0.15) is 44.3 Å². The molecule has 4 bridgehead atoms. The Morgan fingerprint density at radius 2 is 1.96 bits per heavy atom. The molecule has 1 aromatic carbocycles. The fourth-order valence-corrected chi connectivity index (χ4v) is 6.44. The van der Waals surface area contributed by atoms with Crippen molar-refractivity contribution in [1.82, 2.24) is 20.2 Å². The van der Waals surface area contributed by atoms with Crippen molar-refractivity contribution >= 4 is 11.6 Å². The van der Waals surface area contributed by atoms with Gasteiger partial charge in [0.05, 0.1) is 11.0 Å². The van der Waals surface area contributed by atoms with Crippen molar-refractivity contribution in [2.45, 2.75) is 51.0 Å². The SMILES string of the molecule is Cc1nnn(C23CC4CC(CC(C(=O)Nc5ccc6c(c5)OCO6)(C4)C2)C3)n1. The molecule has 2 aromatic rings. The molecule has 8 nitrogen and oxygen atoms in total. The fourth-order valence-electron chi connectivity index (χ4n) is 6.44. The van der Waals surface area contributed by atoms with Crippen molar-refractivity contribution in [2.24, 2.45) is 17.3 Å². The molecule has 1 amide bonds. The van der Waals surface area contributed by atoms with Gasteiger partial charge in [-0.2, -0.15) is 4.80 Å². The van der Waals surface area contributed by atoms with Crippen molar-refractivity contribution < 1.29 is 14.3 Å². The number of hydrogen-bond acceptors (Lipinski definition) is 6. The quantitative estimate of drug-likeness (QED) is 0.879. The highest BCUT2D eigenvalue weighted by Crippen LogP contribution is 2.64. The van der Waals surface area contributed by atoms with Crippen LogP contribution >= 0.6 is 0 Å². The molecule has 1 N–H and O–H groups in total. The Labute approximate surface area is 162 Å². The van der Waals surface area contributed by atoms with E-state index in [4.69, 9.17) is 9.47 Å². The first-order valence-electron chi connectivity index (χ1n) is 10.0. The van der Waals surface area contributed by atoms with Crippen LogP contribution in [-0.4, -0.2) is 32.9 Å². The number of carbonyl (C=O) groups is 1. The van der Waals surface area contributed by atoms with Crippen LogP contribution in [0.15, 0.2) is 18.2 Å². The Morgan fingerprint density at radius 1 is 1.18 bits per heavy atom. The van der Waals surface area contributed by atoms with Crippen LogP contribution < -0.4 is 14.8 Å². The minimum Gasteiger partial charge on any atom is -0.454 e. The van der Waals surface area contributed by atoms with Gasteiger partial charge in [0.2, 0.25) is 12.7 Å². The normalized spacial score (nSPS) is 34.6. The van der Waals surface area contributed by atoms with Crippen molar-refractivity contribution in [1.29, 1.82) is 0 Å². The molecule has 4 aliphatic carbocycles. The number of aromatic nitrogens is 4. The summed E-state index contributed by atoms with van der Waals surface area (Å²) in [6.45, 7) is 2.10. The van der Waals surface area contributed by atoms with Crippen LogP contribution in [0.5, 0.6) is 11.5 Å². The molecule has 2 unspecified atom stereocenters. The van der Waals surface area contributed by atoms with Crippen LogP contribution in [0.25, 0.3) is 0 Å². The zero-order chi connectivity index (χ0) is 18.9. The van der Waals surface area contributed by atoms with Crippen molar-refractivity contribution in [3.05, 3.63) is 24.0 Å². The van der Waals surface area contributed by atoms with Gasteiger partial charge in [-0.3, -0.25) is 4.79 Å². The summed E-state index contributed by atoms with van der Waals surface area (Å²) in [5, 5.41) is 16.1. The summed E-state index contributed by atoms with van der Waals surface area (Å²) in [5.41, 5.74) is 0.230. The summed E-state index contributed by atoms with van der Waals surface area (Å²) in [4.78, 5) is 15.3. The molecule has 28 heavy (non-hydrogen) atoms. The third kappa shape index (κ3) is 2.29. The third-order valence-electron chi connectivity index (χ3n) is 7.08.